The van der Waals surface area contributed by atoms with Crippen molar-refractivity contribution < 1.29 is 33.9 Å². The van der Waals surface area contributed by atoms with E-state index in [-0.39, 0.29) is 23.7 Å². The zero-order valence-corrected chi connectivity index (χ0v) is 64.0. The van der Waals surface area contributed by atoms with Gasteiger partial charge in [0.2, 0.25) is 0 Å². The van der Waals surface area contributed by atoms with Gasteiger partial charge in [0.1, 0.15) is 0 Å². The quantitative estimate of drug-likeness (QED) is 0.142. The number of hydrogen-bond acceptors (Lipinski definition) is 4. The molecule has 9 heteroatoms. The summed E-state index contributed by atoms with van der Waals surface area (Å²) in [6.07, 6.45) is 49.1. The first kappa shape index (κ1) is 63.0. The number of rotatable bonds is 8. The molecular formula is C90H80Cl2O4Si2Zr. The van der Waals surface area contributed by atoms with E-state index in [4.69, 9.17) is 18.9 Å². The van der Waals surface area contributed by atoms with Crippen molar-refractivity contribution in [1.29, 1.82) is 0 Å². The molecular weight excluding hydrogens is 1360 g/mol. The van der Waals surface area contributed by atoms with Crippen molar-refractivity contribution in [3.8, 4) is 23.0 Å². The van der Waals surface area contributed by atoms with Crippen molar-refractivity contribution >= 4 is 77.7 Å². The Balaban J connectivity index is 1.04. The van der Waals surface area contributed by atoms with Gasteiger partial charge in [-0.05, 0) is 0 Å². The molecule has 0 N–H and O–H groups in total. The zero-order chi connectivity index (χ0) is 68.0. The van der Waals surface area contributed by atoms with E-state index in [9.17, 15) is 17.0 Å². The Hall–Kier alpha value is -8.26. The molecule has 490 valence electrons. The number of allylic oxidation sites excluding steroid dienone is 32. The standard InChI is InChI=1S/2C45H40O2Si.2ClH.Zr/c2*1-28-26-38-32(34-22-10-14-30-16-12-24-40(46-3)42(30)34)18-6-8-20-36(38)44(28)48(5)45-29(2)27-39-33(19-7-9-21-37(39)45)35-23-11-15-31-17-13-25-41(47-4)43(31)35;;;/h2*6-27,32-33,48H,1-5H3;2*1H;/q;;;;+2/p-2. The summed E-state index contributed by atoms with van der Waals surface area (Å²) in [6.45, 7) is 15.5. The molecule has 8 aromatic rings. The van der Waals surface area contributed by atoms with E-state index < -0.39 is 43.5 Å². The molecule has 99 heavy (non-hydrogen) atoms. The molecule has 5 spiro atoms. The number of fused-ring (bicyclic) bond motifs is 12. The molecule has 2 saturated heterocycles. The molecule has 0 bridgehead atoms. The van der Waals surface area contributed by atoms with Crippen molar-refractivity contribution in [1.82, 2.24) is 0 Å². The predicted octanol–water partition coefficient (Wildman–Crippen LogP) is 23.4. The number of hydrogen-bond donors (Lipinski definition) is 0. The van der Waals surface area contributed by atoms with Crippen molar-refractivity contribution in [2.24, 2.45) is 0 Å². The summed E-state index contributed by atoms with van der Waals surface area (Å²) < 4.78 is 22.1. The molecule has 8 aromatic carbocycles. The Morgan fingerprint density at radius 2 is 0.525 bits per heavy atom. The van der Waals surface area contributed by atoms with Gasteiger partial charge in [0, 0.05) is 0 Å². The fourth-order valence-electron chi connectivity index (χ4n) is 24.9. The molecule has 10 aliphatic rings. The van der Waals surface area contributed by atoms with Gasteiger partial charge >= 0.3 is 595 Å². The van der Waals surface area contributed by atoms with E-state index >= 15 is 0 Å². The van der Waals surface area contributed by atoms with Crippen LogP contribution in [0.1, 0.15) is 73.6 Å². The van der Waals surface area contributed by atoms with E-state index in [1.165, 1.54) is 89.1 Å². The van der Waals surface area contributed by atoms with Crippen LogP contribution in [-0.2, 0) is 14.9 Å². The Morgan fingerprint density at radius 3 is 0.737 bits per heavy atom. The van der Waals surface area contributed by atoms with Gasteiger partial charge in [-0.25, -0.2) is 0 Å². The minimum atomic E-state index is -7.91. The molecule has 0 aromatic heterocycles. The predicted molar refractivity (Wildman–Crippen MR) is 418 cm³/mol. The normalized spacial score (nSPS) is 30.3. The second-order valence-electron chi connectivity index (χ2n) is 29.5. The average Bonchev–Trinajstić information content (AvgIpc) is 1.52. The van der Waals surface area contributed by atoms with Gasteiger partial charge in [0.05, 0.1) is 0 Å². The third-order valence-electron chi connectivity index (χ3n) is 26.9. The molecule has 8 atom stereocenters. The van der Waals surface area contributed by atoms with Crippen LogP contribution in [0.4, 0.5) is 0 Å². The molecule has 0 saturated carbocycles. The number of halogens is 2. The maximum absolute atomic E-state index is 11.7. The van der Waals surface area contributed by atoms with Crippen LogP contribution in [0.2, 0.25) is 24.1 Å². The first-order valence-electron chi connectivity index (χ1n) is 35.2. The second-order valence-corrected chi connectivity index (χ2v) is 69.4. The van der Waals surface area contributed by atoms with Gasteiger partial charge in [-0.2, -0.15) is 0 Å². The second kappa shape index (κ2) is 21.6. The third-order valence-corrected chi connectivity index (χ3v) is 112. The molecule has 2 heterocycles. The van der Waals surface area contributed by atoms with Crippen LogP contribution >= 0.6 is 17.0 Å². The topological polar surface area (TPSA) is 36.9 Å². The van der Waals surface area contributed by atoms with Crippen molar-refractivity contribution in [3.63, 3.8) is 0 Å². The average molecular weight is 1440 g/mol. The van der Waals surface area contributed by atoms with Gasteiger partial charge in [-0.1, -0.05) is 0 Å². The molecule has 18 rings (SSSR count). The Morgan fingerprint density at radius 1 is 0.313 bits per heavy atom. The summed E-state index contributed by atoms with van der Waals surface area (Å²) in [4.78, 5) is 0. The van der Waals surface area contributed by atoms with Crippen molar-refractivity contribution in [2.45, 2.75) is 75.4 Å². The van der Waals surface area contributed by atoms with Crippen LogP contribution in [0.25, 0.3) is 43.1 Å². The molecule has 2 fully saturated rings. The first-order chi connectivity index (χ1) is 48.1. The Bertz CT molecular complexity index is 4910. The van der Waals surface area contributed by atoms with Crippen molar-refractivity contribution in [2.75, 3.05) is 28.4 Å². The SMILES string of the molecule is COc1cccc2cccc(C3C=CC=CC4=C3C=C(C)[C]43[SiH](C)[C]4(C(C)=CC5=C4C=CC=CC5c4cccc5cccc(OC)c45)[Zr]34([Cl])([Cl])[C]3(C(C)=CC5=C3C=CC=CC5c3cccc5cccc(OC)c35)[SiH](C)[C]43C(C)=CC4=C3C=CC=CC4c3cccc4cccc(OC)c34)c12. The Labute approximate surface area is 589 Å². The molecule has 0 radical (unpaired) electrons. The van der Waals surface area contributed by atoms with Gasteiger partial charge in [-0.15, -0.1) is 0 Å². The van der Waals surface area contributed by atoms with E-state index in [2.05, 4.69) is 308 Å². The molecule has 4 nitrogen and oxygen atoms in total. The van der Waals surface area contributed by atoms with Gasteiger partial charge in [0.25, 0.3) is 0 Å². The zero-order valence-electron chi connectivity index (χ0n) is 57.8. The van der Waals surface area contributed by atoms with E-state index in [1.54, 1.807) is 28.4 Å². The van der Waals surface area contributed by atoms with Crippen LogP contribution in [0.3, 0.4) is 0 Å². The summed E-state index contributed by atoms with van der Waals surface area (Å²) in [6, 6.07) is 53.0. The number of methoxy groups -OCH3 is 4. The third kappa shape index (κ3) is 6.76. The van der Waals surface area contributed by atoms with Gasteiger partial charge < -0.3 is 0 Å². The summed E-state index contributed by atoms with van der Waals surface area (Å²) in [5.41, 5.74) is 20.4. The van der Waals surface area contributed by atoms with Crippen LogP contribution in [0, 0.1) is 0 Å². The van der Waals surface area contributed by atoms with E-state index in [0.29, 0.717) is 0 Å². The Kier molecular flexibility index (Phi) is 13.8. The molecule has 2 aliphatic heterocycles. The van der Waals surface area contributed by atoms with Crippen LogP contribution < -0.4 is 18.9 Å². The van der Waals surface area contributed by atoms with Crippen LogP contribution in [0.15, 0.2) is 334 Å². The van der Waals surface area contributed by atoms with Crippen LogP contribution in [-0.4, -0.2) is 46.0 Å². The molecule has 0 amide bonds. The fourth-order valence-corrected chi connectivity index (χ4v) is 149. The van der Waals surface area contributed by atoms with Crippen molar-refractivity contribution in [3.05, 3.63) is 356 Å². The minimum absolute atomic E-state index is 0.181. The van der Waals surface area contributed by atoms with Gasteiger partial charge in [-0.3, -0.25) is 0 Å². The van der Waals surface area contributed by atoms with E-state index in [0.717, 1.165) is 66.1 Å². The molecule has 8 aliphatic carbocycles. The van der Waals surface area contributed by atoms with Gasteiger partial charge in [0.15, 0.2) is 0 Å². The van der Waals surface area contributed by atoms with E-state index in [1.807, 2.05) is 0 Å². The number of benzene rings is 8. The maximum atomic E-state index is 11.7. The summed E-state index contributed by atoms with van der Waals surface area (Å²) in [7, 11) is 25.2. The summed E-state index contributed by atoms with van der Waals surface area (Å²) in [5.74, 6) is 2.72. The first-order valence-corrected chi connectivity index (χ1v) is 51.1. The summed E-state index contributed by atoms with van der Waals surface area (Å²) in [5, 5.41) is 9.04. The monoisotopic (exact) mass is 1440 g/mol. The fraction of sp³-hybridized carbons (Fsp3) is 0.200. The molecule has 8 unspecified atom stereocenters. The number of ether oxygens (including phenoxy) is 4. The van der Waals surface area contributed by atoms with Crippen LogP contribution in [0.5, 0.6) is 23.0 Å². The summed E-state index contributed by atoms with van der Waals surface area (Å²) >= 11 is -7.91.